The highest BCUT2D eigenvalue weighted by molar-refractivity contribution is 6.42. The number of nitrogens with two attached hydrogens (primary N) is 1. The fraction of sp³-hybridized carbons (Fsp3) is 0.0556. The molecule has 2 aromatic carbocycles. The molecule has 0 unspecified atom stereocenters. The van der Waals surface area contributed by atoms with Crippen LogP contribution in [0.2, 0.25) is 10.0 Å². The summed E-state index contributed by atoms with van der Waals surface area (Å²) in [5, 5.41) is 8.20. The van der Waals surface area contributed by atoms with E-state index in [2.05, 4.69) is 10.3 Å². The molecule has 2 N–H and O–H groups in total. The van der Waals surface area contributed by atoms with Gasteiger partial charge < -0.3 is 15.3 Å². The zero-order chi connectivity index (χ0) is 20.1. The molecule has 0 spiro atoms. The van der Waals surface area contributed by atoms with E-state index >= 15 is 0 Å². The molecule has 0 aliphatic heterocycles. The molecule has 0 aliphatic carbocycles. The molecule has 0 aliphatic rings. The van der Waals surface area contributed by atoms with Crippen LogP contribution in [0.5, 0.6) is 5.75 Å². The highest BCUT2D eigenvalue weighted by Crippen LogP contribution is 2.31. The standard InChI is InChI=1S/C18H13Cl2FN4O3/c19-13-2-1-3-15(16(13)20)27-10-25-9-8-14(23-25)18(26)28-24-17(22)11-4-6-12(21)7-5-11/h1-9H,10H2,(H2,22,24). The minimum absolute atomic E-state index is 0.00329. The van der Waals surface area contributed by atoms with Gasteiger partial charge in [-0.2, -0.15) is 5.10 Å². The average Bonchev–Trinajstić information content (AvgIpc) is 3.16. The number of ether oxygens (including phenoxy) is 1. The number of hydrogen-bond donors (Lipinski definition) is 1. The predicted molar refractivity (Wildman–Crippen MR) is 102 cm³/mol. The molecule has 3 rings (SSSR count). The van der Waals surface area contributed by atoms with Crippen LogP contribution in [0.15, 0.2) is 59.9 Å². The summed E-state index contributed by atoms with van der Waals surface area (Å²) in [4.78, 5) is 16.8. The van der Waals surface area contributed by atoms with Crippen molar-refractivity contribution in [2.45, 2.75) is 6.73 Å². The van der Waals surface area contributed by atoms with E-state index in [1.54, 1.807) is 18.2 Å². The van der Waals surface area contributed by atoms with Crippen molar-refractivity contribution >= 4 is 35.0 Å². The van der Waals surface area contributed by atoms with E-state index in [9.17, 15) is 9.18 Å². The molecule has 3 aromatic rings. The number of nitrogens with zero attached hydrogens (tertiary/aromatic N) is 3. The molecule has 7 nitrogen and oxygen atoms in total. The lowest BCUT2D eigenvalue weighted by Gasteiger charge is -2.08. The molecule has 0 saturated heterocycles. The summed E-state index contributed by atoms with van der Waals surface area (Å²) in [5.74, 6) is -0.929. The van der Waals surface area contributed by atoms with E-state index in [0.717, 1.165) is 0 Å². The van der Waals surface area contributed by atoms with E-state index in [-0.39, 0.29) is 23.3 Å². The van der Waals surface area contributed by atoms with Crippen LogP contribution in [0.3, 0.4) is 0 Å². The fourth-order valence-electron chi connectivity index (χ4n) is 2.08. The summed E-state index contributed by atoms with van der Waals surface area (Å²) in [7, 11) is 0. The number of rotatable bonds is 6. The van der Waals surface area contributed by atoms with Gasteiger partial charge in [0.1, 0.15) is 16.6 Å². The van der Waals surface area contributed by atoms with Crippen LogP contribution in [-0.4, -0.2) is 21.6 Å². The summed E-state index contributed by atoms with van der Waals surface area (Å²) in [6.45, 7) is -0.00563. The fourth-order valence-corrected chi connectivity index (χ4v) is 2.43. The second-order valence-electron chi connectivity index (χ2n) is 5.43. The van der Waals surface area contributed by atoms with E-state index in [1.165, 1.54) is 41.2 Å². The highest BCUT2D eigenvalue weighted by Gasteiger charge is 2.13. The lowest BCUT2D eigenvalue weighted by atomic mass is 10.2. The largest absolute Gasteiger partial charge is 0.470 e. The van der Waals surface area contributed by atoms with Gasteiger partial charge in [0, 0.05) is 11.8 Å². The Kier molecular flexibility index (Phi) is 6.13. The molecule has 10 heteroatoms. The van der Waals surface area contributed by atoms with Gasteiger partial charge in [-0.3, -0.25) is 0 Å². The molecular formula is C18H13Cl2FN4O3. The lowest BCUT2D eigenvalue weighted by molar-refractivity contribution is 0.0507. The van der Waals surface area contributed by atoms with Gasteiger partial charge >= 0.3 is 5.97 Å². The Morgan fingerprint density at radius 1 is 1.18 bits per heavy atom. The molecular weight excluding hydrogens is 410 g/mol. The first kappa shape index (κ1) is 19.7. The third kappa shape index (κ3) is 4.79. The van der Waals surface area contributed by atoms with Crippen molar-refractivity contribution in [3.05, 3.63) is 81.8 Å². The first-order chi connectivity index (χ1) is 13.4. The average molecular weight is 423 g/mol. The molecule has 0 amide bonds. The van der Waals surface area contributed by atoms with E-state index < -0.39 is 11.8 Å². The molecule has 0 atom stereocenters. The topological polar surface area (TPSA) is 91.7 Å². The third-order valence-electron chi connectivity index (χ3n) is 3.49. The van der Waals surface area contributed by atoms with Crippen LogP contribution in [0.4, 0.5) is 4.39 Å². The molecule has 1 aromatic heterocycles. The zero-order valence-corrected chi connectivity index (χ0v) is 15.7. The summed E-state index contributed by atoms with van der Waals surface area (Å²) >= 11 is 12.0. The molecule has 28 heavy (non-hydrogen) atoms. The van der Waals surface area contributed by atoms with Gasteiger partial charge in [0.15, 0.2) is 18.3 Å². The summed E-state index contributed by atoms with van der Waals surface area (Å²) in [6, 6.07) is 11.7. The normalized spacial score (nSPS) is 11.3. The summed E-state index contributed by atoms with van der Waals surface area (Å²) in [6.07, 6.45) is 1.52. The molecule has 0 bridgehead atoms. The number of hydrogen-bond acceptors (Lipinski definition) is 5. The van der Waals surface area contributed by atoms with Crippen LogP contribution in [0, 0.1) is 5.82 Å². The minimum Gasteiger partial charge on any atom is -0.470 e. The van der Waals surface area contributed by atoms with Gasteiger partial charge in [-0.25, -0.2) is 13.9 Å². The van der Waals surface area contributed by atoms with Crippen LogP contribution in [0.25, 0.3) is 0 Å². The monoisotopic (exact) mass is 422 g/mol. The quantitative estimate of drug-likeness (QED) is 0.282. The summed E-state index contributed by atoms with van der Waals surface area (Å²) in [5.41, 5.74) is 6.10. The van der Waals surface area contributed by atoms with Crippen molar-refractivity contribution in [1.82, 2.24) is 9.78 Å². The van der Waals surface area contributed by atoms with Gasteiger partial charge in [-0.15, -0.1) is 0 Å². The zero-order valence-electron chi connectivity index (χ0n) is 14.2. The van der Waals surface area contributed by atoms with Gasteiger partial charge in [-0.05, 0) is 42.5 Å². The maximum atomic E-state index is 12.9. The van der Waals surface area contributed by atoms with Crippen molar-refractivity contribution < 1.29 is 18.8 Å². The summed E-state index contributed by atoms with van der Waals surface area (Å²) < 4.78 is 19.8. The van der Waals surface area contributed by atoms with E-state index in [4.69, 9.17) is 38.5 Å². The number of amidine groups is 1. The Bertz CT molecular complexity index is 1020. The number of carbonyl (C=O) groups is 1. The Hall–Kier alpha value is -3.10. The van der Waals surface area contributed by atoms with Crippen molar-refractivity contribution in [1.29, 1.82) is 0 Å². The van der Waals surface area contributed by atoms with Gasteiger partial charge in [0.2, 0.25) is 0 Å². The van der Waals surface area contributed by atoms with Gasteiger partial charge in [0.25, 0.3) is 0 Å². The second-order valence-corrected chi connectivity index (χ2v) is 6.21. The SMILES string of the molecule is N/C(=N\OC(=O)c1ccn(COc2cccc(Cl)c2Cl)n1)c1ccc(F)cc1. The van der Waals surface area contributed by atoms with Crippen LogP contribution < -0.4 is 10.5 Å². The number of oxime groups is 1. The smallest absolute Gasteiger partial charge is 0.385 e. The van der Waals surface area contributed by atoms with Crippen molar-refractivity contribution in [3.8, 4) is 5.75 Å². The van der Waals surface area contributed by atoms with Gasteiger partial charge in [-0.1, -0.05) is 34.4 Å². The van der Waals surface area contributed by atoms with Crippen LogP contribution in [0.1, 0.15) is 16.1 Å². The first-order valence-corrected chi connectivity index (χ1v) is 8.60. The molecule has 144 valence electrons. The number of benzene rings is 2. The Labute approximate surface area is 169 Å². The number of halogens is 3. The number of aromatic nitrogens is 2. The first-order valence-electron chi connectivity index (χ1n) is 7.85. The minimum atomic E-state index is -0.815. The Morgan fingerprint density at radius 3 is 2.68 bits per heavy atom. The predicted octanol–water partition coefficient (Wildman–Crippen LogP) is 3.84. The second kappa shape index (κ2) is 8.73. The highest BCUT2D eigenvalue weighted by atomic mass is 35.5. The number of carbonyl (C=O) groups excluding carboxylic acids is 1. The van der Waals surface area contributed by atoms with Crippen LogP contribution in [-0.2, 0) is 11.6 Å². The maximum Gasteiger partial charge on any atom is 0.385 e. The van der Waals surface area contributed by atoms with E-state index in [0.29, 0.717) is 16.3 Å². The van der Waals surface area contributed by atoms with Crippen LogP contribution >= 0.6 is 23.2 Å². The van der Waals surface area contributed by atoms with E-state index in [1.807, 2.05) is 0 Å². The Balaban J connectivity index is 1.60. The van der Waals surface area contributed by atoms with Crippen molar-refractivity contribution in [3.63, 3.8) is 0 Å². The molecule has 1 heterocycles. The third-order valence-corrected chi connectivity index (χ3v) is 4.29. The molecule has 0 saturated carbocycles. The maximum absolute atomic E-state index is 12.9. The van der Waals surface area contributed by atoms with Gasteiger partial charge in [0.05, 0.1) is 5.02 Å². The Morgan fingerprint density at radius 2 is 1.93 bits per heavy atom. The molecule has 0 radical (unpaired) electrons. The lowest BCUT2D eigenvalue weighted by Crippen LogP contribution is -2.15. The molecule has 0 fully saturated rings. The van der Waals surface area contributed by atoms with Crippen molar-refractivity contribution in [2.24, 2.45) is 10.9 Å². The van der Waals surface area contributed by atoms with Crippen molar-refractivity contribution in [2.75, 3.05) is 0 Å².